The summed E-state index contributed by atoms with van der Waals surface area (Å²) in [5, 5.41) is 0. The van der Waals surface area contributed by atoms with Crippen molar-refractivity contribution in [3.63, 3.8) is 0 Å². The van der Waals surface area contributed by atoms with Gasteiger partial charge in [-0.05, 0) is 18.6 Å². The Hall–Kier alpha value is -1.38. The van der Waals surface area contributed by atoms with Crippen LogP contribution in [0.25, 0.3) is 0 Å². The first-order chi connectivity index (χ1) is 6.72. The van der Waals surface area contributed by atoms with Crippen molar-refractivity contribution in [2.45, 2.75) is 19.8 Å². The molecule has 0 spiro atoms. The molecular formula is C11H17NO2. The lowest BCUT2D eigenvalue weighted by atomic mass is 10.3. The van der Waals surface area contributed by atoms with Crippen molar-refractivity contribution in [2.75, 3.05) is 13.7 Å². The van der Waals surface area contributed by atoms with Crippen LogP contribution in [0.5, 0.6) is 0 Å². The van der Waals surface area contributed by atoms with Gasteiger partial charge in [0.1, 0.15) is 0 Å². The highest BCUT2D eigenvalue weighted by molar-refractivity contribution is 5.91. The summed E-state index contributed by atoms with van der Waals surface area (Å²) in [7, 11) is 1.33. The molecule has 3 heteroatoms. The topological polar surface area (TPSA) is 38.7 Å². The average Bonchev–Trinajstić information content (AvgIpc) is 2.21. The van der Waals surface area contributed by atoms with Crippen LogP contribution in [0.4, 0.5) is 0 Å². The summed E-state index contributed by atoms with van der Waals surface area (Å²) in [5.41, 5.74) is 0.328. The highest BCUT2D eigenvalue weighted by Gasteiger charge is 1.99. The van der Waals surface area contributed by atoms with E-state index in [4.69, 9.17) is 0 Å². The molecule has 0 amide bonds. The Morgan fingerprint density at radius 2 is 2.29 bits per heavy atom. The molecule has 0 aliphatic rings. The second-order valence-electron chi connectivity index (χ2n) is 2.78. The first-order valence-corrected chi connectivity index (χ1v) is 4.66. The second-order valence-corrected chi connectivity index (χ2v) is 2.78. The molecule has 3 nitrogen and oxygen atoms in total. The van der Waals surface area contributed by atoms with Crippen LogP contribution >= 0.6 is 0 Å². The number of nitrogens with zero attached hydrogens (tertiary/aromatic N) is 1. The number of carbonyl (C=O) groups is 1. The van der Waals surface area contributed by atoms with Crippen molar-refractivity contribution in [1.82, 2.24) is 0 Å². The number of hydrogen-bond donors (Lipinski definition) is 0. The van der Waals surface area contributed by atoms with Gasteiger partial charge in [-0.2, -0.15) is 0 Å². The van der Waals surface area contributed by atoms with Gasteiger partial charge in [0.15, 0.2) is 0 Å². The first-order valence-electron chi connectivity index (χ1n) is 4.66. The fourth-order valence-electron chi connectivity index (χ4n) is 0.743. The third kappa shape index (κ3) is 6.17. The molecule has 0 saturated heterocycles. The molecule has 0 aromatic rings. The molecule has 0 aromatic carbocycles. The maximum absolute atomic E-state index is 10.9. The van der Waals surface area contributed by atoms with Crippen molar-refractivity contribution in [3.05, 3.63) is 24.3 Å². The Kier molecular flexibility index (Phi) is 7.42. The van der Waals surface area contributed by atoms with Crippen molar-refractivity contribution in [2.24, 2.45) is 4.99 Å². The van der Waals surface area contributed by atoms with Crippen LogP contribution in [-0.2, 0) is 9.53 Å². The smallest absolute Gasteiger partial charge is 0.337 e. The molecule has 0 fully saturated rings. The summed E-state index contributed by atoms with van der Waals surface area (Å²) in [6.07, 6.45) is 7.16. The molecule has 0 aliphatic carbocycles. The quantitative estimate of drug-likeness (QED) is 0.214. The number of methoxy groups -OCH3 is 1. The van der Waals surface area contributed by atoms with E-state index in [1.54, 1.807) is 18.4 Å². The second kappa shape index (κ2) is 8.23. The van der Waals surface area contributed by atoms with Gasteiger partial charge in [-0.15, -0.1) is 0 Å². The van der Waals surface area contributed by atoms with E-state index in [0.717, 1.165) is 19.4 Å². The largest absolute Gasteiger partial charge is 0.465 e. The summed E-state index contributed by atoms with van der Waals surface area (Å²) >= 11 is 0. The third-order valence-corrected chi connectivity index (χ3v) is 1.58. The maximum Gasteiger partial charge on any atom is 0.337 e. The zero-order chi connectivity index (χ0) is 10.8. The summed E-state index contributed by atoms with van der Waals surface area (Å²) < 4.78 is 4.47. The Bertz CT molecular complexity index is 242. The summed E-state index contributed by atoms with van der Waals surface area (Å²) in [4.78, 5) is 15.0. The van der Waals surface area contributed by atoms with Crippen molar-refractivity contribution in [1.29, 1.82) is 0 Å². The van der Waals surface area contributed by atoms with E-state index in [0.29, 0.717) is 5.57 Å². The van der Waals surface area contributed by atoms with Gasteiger partial charge in [-0.3, -0.25) is 4.99 Å². The highest BCUT2D eigenvalue weighted by Crippen LogP contribution is 1.94. The Balaban J connectivity index is 3.77. The van der Waals surface area contributed by atoms with Crippen LogP contribution in [0, 0.1) is 0 Å². The lowest BCUT2D eigenvalue weighted by Crippen LogP contribution is -2.00. The van der Waals surface area contributed by atoms with E-state index in [1.165, 1.54) is 7.11 Å². The first kappa shape index (κ1) is 12.6. The molecule has 0 saturated carbocycles. The predicted molar refractivity (Wildman–Crippen MR) is 58.6 cm³/mol. The van der Waals surface area contributed by atoms with Gasteiger partial charge in [0, 0.05) is 12.8 Å². The van der Waals surface area contributed by atoms with Gasteiger partial charge in [0.2, 0.25) is 0 Å². The number of ether oxygens (including phenoxy) is 1. The minimum absolute atomic E-state index is 0.328. The van der Waals surface area contributed by atoms with Crippen LogP contribution in [0.3, 0.4) is 0 Å². The van der Waals surface area contributed by atoms with E-state index < -0.39 is 5.97 Å². The van der Waals surface area contributed by atoms with Gasteiger partial charge in [0.05, 0.1) is 12.7 Å². The summed E-state index contributed by atoms with van der Waals surface area (Å²) in [6, 6.07) is 0. The van der Waals surface area contributed by atoms with Gasteiger partial charge in [-0.25, -0.2) is 4.79 Å². The molecule has 0 N–H and O–H groups in total. The van der Waals surface area contributed by atoms with Crippen molar-refractivity contribution in [3.8, 4) is 0 Å². The van der Waals surface area contributed by atoms with Gasteiger partial charge in [-0.1, -0.05) is 19.9 Å². The van der Waals surface area contributed by atoms with Crippen LogP contribution in [-0.4, -0.2) is 25.8 Å². The zero-order valence-corrected chi connectivity index (χ0v) is 8.82. The van der Waals surface area contributed by atoms with E-state index in [2.05, 4.69) is 23.2 Å². The summed E-state index contributed by atoms with van der Waals surface area (Å²) in [5.74, 6) is -0.414. The summed E-state index contributed by atoms with van der Waals surface area (Å²) in [6.45, 7) is 6.48. The predicted octanol–water partition coefficient (Wildman–Crippen LogP) is 2.14. The number of hydrogen-bond acceptors (Lipinski definition) is 3. The highest BCUT2D eigenvalue weighted by atomic mass is 16.5. The Morgan fingerprint density at radius 1 is 1.57 bits per heavy atom. The lowest BCUT2D eigenvalue weighted by molar-refractivity contribution is -0.135. The minimum atomic E-state index is -0.414. The molecule has 0 radical (unpaired) electrons. The van der Waals surface area contributed by atoms with Crippen molar-refractivity contribution >= 4 is 12.2 Å². The molecule has 0 heterocycles. The molecule has 0 unspecified atom stereocenters. The fraction of sp³-hybridized carbons (Fsp3) is 0.455. The maximum atomic E-state index is 10.9. The van der Waals surface area contributed by atoms with E-state index in [1.807, 2.05) is 0 Å². The van der Waals surface area contributed by atoms with Crippen LogP contribution in [0.1, 0.15) is 19.8 Å². The minimum Gasteiger partial charge on any atom is -0.465 e. The average molecular weight is 195 g/mol. The molecule has 0 aromatic heterocycles. The Labute approximate surface area is 85.2 Å². The number of esters is 1. The molecule has 0 bridgehead atoms. The number of allylic oxidation sites excluding steroid dienone is 1. The molecule has 0 rings (SSSR count). The molecule has 0 aliphatic heterocycles. The molecule has 0 atom stereocenters. The lowest BCUT2D eigenvalue weighted by Gasteiger charge is -1.94. The SMILES string of the molecule is C=C(C=CC=NCCCC)C(=O)OC. The van der Waals surface area contributed by atoms with Crippen LogP contribution < -0.4 is 0 Å². The van der Waals surface area contributed by atoms with Gasteiger partial charge in [0.25, 0.3) is 0 Å². The molecule has 14 heavy (non-hydrogen) atoms. The van der Waals surface area contributed by atoms with E-state index >= 15 is 0 Å². The zero-order valence-electron chi connectivity index (χ0n) is 8.82. The van der Waals surface area contributed by atoms with Crippen molar-refractivity contribution < 1.29 is 9.53 Å². The normalized spacial score (nSPS) is 11.0. The van der Waals surface area contributed by atoms with Crippen LogP contribution in [0.15, 0.2) is 29.3 Å². The van der Waals surface area contributed by atoms with E-state index in [9.17, 15) is 4.79 Å². The van der Waals surface area contributed by atoms with Gasteiger partial charge < -0.3 is 4.74 Å². The number of aliphatic imine (C=N–C) groups is 1. The van der Waals surface area contributed by atoms with Gasteiger partial charge >= 0.3 is 5.97 Å². The number of carbonyl (C=O) groups excluding carboxylic acids is 1. The van der Waals surface area contributed by atoms with Crippen LogP contribution in [0.2, 0.25) is 0 Å². The monoisotopic (exact) mass is 195 g/mol. The molecule has 78 valence electrons. The number of unbranched alkanes of at least 4 members (excludes halogenated alkanes) is 1. The Morgan fingerprint density at radius 3 is 2.86 bits per heavy atom. The number of rotatable bonds is 6. The standard InChI is InChI=1S/C11H17NO2/c1-4-5-8-12-9-6-7-10(2)11(13)14-3/h6-7,9H,2,4-5,8H2,1,3H3. The fourth-order valence-corrected chi connectivity index (χ4v) is 0.743. The van der Waals surface area contributed by atoms with E-state index in [-0.39, 0.29) is 0 Å². The third-order valence-electron chi connectivity index (χ3n) is 1.58. The molecular weight excluding hydrogens is 178 g/mol.